The maximum Gasteiger partial charge on any atom is 0.178 e. The van der Waals surface area contributed by atoms with E-state index in [4.69, 9.17) is 0 Å². The molecule has 0 aromatic carbocycles. The van der Waals surface area contributed by atoms with Gasteiger partial charge >= 0.3 is 0 Å². The highest BCUT2D eigenvalue weighted by Crippen LogP contribution is 2.14. The first-order valence-electron chi connectivity index (χ1n) is 4.87. The van der Waals surface area contributed by atoms with E-state index in [1.807, 2.05) is 19.1 Å². The van der Waals surface area contributed by atoms with Gasteiger partial charge in [-0.25, -0.2) is 0 Å². The van der Waals surface area contributed by atoms with Gasteiger partial charge in [0.2, 0.25) is 0 Å². The van der Waals surface area contributed by atoms with Gasteiger partial charge in [0.05, 0.1) is 5.69 Å². The smallest absolute Gasteiger partial charge is 0.178 e. The molecule has 0 radical (unpaired) electrons. The summed E-state index contributed by atoms with van der Waals surface area (Å²) in [6.45, 7) is 6.24. The number of rotatable bonds is 4. The number of hydrogen-bond acceptors (Lipinski definition) is 1. The molecule has 0 unspecified atom stereocenters. The Hall–Kier alpha value is -1.05. The number of ketones is 1. The van der Waals surface area contributed by atoms with E-state index in [0.29, 0.717) is 12.3 Å². The number of H-pyrrole nitrogens is 1. The molecule has 1 heterocycles. The maximum absolute atomic E-state index is 11.4. The van der Waals surface area contributed by atoms with Gasteiger partial charge in [-0.1, -0.05) is 20.8 Å². The van der Waals surface area contributed by atoms with Crippen molar-refractivity contribution < 1.29 is 4.79 Å². The van der Waals surface area contributed by atoms with Crippen molar-refractivity contribution in [2.24, 2.45) is 0 Å². The molecule has 1 N–H and O–H groups in total. The average Bonchev–Trinajstić information content (AvgIpc) is 2.52. The van der Waals surface area contributed by atoms with Crippen LogP contribution in [0, 0.1) is 0 Å². The van der Waals surface area contributed by atoms with Crippen LogP contribution in [0.15, 0.2) is 12.1 Å². The molecule has 1 aromatic heterocycles. The van der Waals surface area contributed by atoms with Crippen LogP contribution in [0.4, 0.5) is 0 Å². The Bertz CT molecular complexity index is 286. The molecule has 0 spiro atoms. The number of nitrogens with one attached hydrogen (secondary N) is 1. The van der Waals surface area contributed by atoms with Gasteiger partial charge in [-0.15, -0.1) is 0 Å². The Morgan fingerprint density at radius 3 is 2.62 bits per heavy atom. The van der Waals surface area contributed by atoms with Gasteiger partial charge in [0.1, 0.15) is 0 Å². The van der Waals surface area contributed by atoms with Crippen LogP contribution < -0.4 is 0 Å². The van der Waals surface area contributed by atoms with Gasteiger partial charge < -0.3 is 4.98 Å². The monoisotopic (exact) mass is 179 g/mol. The normalized spacial score (nSPS) is 10.8. The van der Waals surface area contributed by atoms with E-state index in [1.54, 1.807) is 0 Å². The van der Waals surface area contributed by atoms with Crippen molar-refractivity contribution in [1.82, 2.24) is 4.98 Å². The number of carbonyl (C=O) groups is 1. The fraction of sp³-hybridized carbons (Fsp3) is 0.545. The van der Waals surface area contributed by atoms with Crippen molar-refractivity contribution in [2.45, 2.75) is 39.5 Å². The predicted octanol–water partition coefficient (Wildman–Crippen LogP) is 3.12. The van der Waals surface area contributed by atoms with Gasteiger partial charge in [-0.3, -0.25) is 4.79 Å². The van der Waals surface area contributed by atoms with E-state index in [2.05, 4.69) is 18.8 Å². The number of Topliss-reactive ketones (excluding diaryl/α,β-unsaturated/α-hetero) is 1. The molecule has 0 aliphatic rings. The van der Waals surface area contributed by atoms with E-state index in [1.165, 1.54) is 0 Å². The first-order valence-corrected chi connectivity index (χ1v) is 4.87. The molecule has 0 aliphatic heterocycles. The SMILES string of the molecule is CCCC(=O)c1ccc(C(C)C)[nH]1. The van der Waals surface area contributed by atoms with Crippen molar-refractivity contribution >= 4 is 5.78 Å². The lowest BCUT2D eigenvalue weighted by Gasteiger charge is -1.99. The number of carbonyl (C=O) groups excluding carboxylic acids is 1. The van der Waals surface area contributed by atoms with Crippen LogP contribution >= 0.6 is 0 Å². The fourth-order valence-electron chi connectivity index (χ4n) is 1.27. The third-order valence-electron chi connectivity index (χ3n) is 2.11. The Balaban J connectivity index is 2.73. The van der Waals surface area contributed by atoms with Crippen molar-refractivity contribution in [3.05, 3.63) is 23.5 Å². The van der Waals surface area contributed by atoms with E-state index >= 15 is 0 Å². The van der Waals surface area contributed by atoms with Crippen LogP contribution in [0.3, 0.4) is 0 Å². The summed E-state index contributed by atoms with van der Waals surface area (Å²) in [6, 6.07) is 3.88. The van der Waals surface area contributed by atoms with E-state index < -0.39 is 0 Å². The largest absolute Gasteiger partial charge is 0.356 e. The summed E-state index contributed by atoms with van der Waals surface area (Å²) >= 11 is 0. The molecule has 0 amide bonds. The van der Waals surface area contributed by atoms with Crippen LogP contribution in [0.1, 0.15) is 55.7 Å². The molecular formula is C11H17NO. The molecule has 0 atom stereocenters. The molecule has 13 heavy (non-hydrogen) atoms. The van der Waals surface area contributed by atoms with Crippen LogP contribution in [-0.4, -0.2) is 10.8 Å². The Labute approximate surface area is 79.4 Å². The van der Waals surface area contributed by atoms with Gasteiger partial charge in [0, 0.05) is 12.1 Å². The van der Waals surface area contributed by atoms with E-state index in [0.717, 1.165) is 17.8 Å². The first kappa shape index (κ1) is 10.0. The van der Waals surface area contributed by atoms with E-state index in [9.17, 15) is 4.79 Å². The fourth-order valence-corrected chi connectivity index (χ4v) is 1.27. The van der Waals surface area contributed by atoms with Crippen LogP contribution in [0.2, 0.25) is 0 Å². The molecule has 2 nitrogen and oxygen atoms in total. The molecule has 1 rings (SSSR count). The standard InChI is InChI=1S/C11H17NO/c1-4-5-11(13)10-7-6-9(12-10)8(2)3/h6-8,12H,4-5H2,1-3H3. The lowest BCUT2D eigenvalue weighted by molar-refractivity contribution is 0.0977. The minimum absolute atomic E-state index is 0.217. The summed E-state index contributed by atoms with van der Waals surface area (Å²) < 4.78 is 0. The van der Waals surface area contributed by atoms with Crippen LogP contribution in [-0.2, 0) is 0 Å². The summed E-state index contributed by atoms with van der Waals surface area (Å²) in [5.74, 6) is 0.678. The second-order valence-corrected chi connectivity index (χ2v) is 3.66. The van der Waals surface area contributed by atoms with Crippen molar-refractivity contribution in [1.29, 1.82) is 0 Å². The van der Waals surface area contributed by atoms with Crippen LogP contribution in [0.5, 0.6) is 0 Å². The molecule has 1 aromatic rings. The summed E-state index contributed by atoms with van der Waals surface area (Å²) in [5.41, 5.74) is 1.89. The number of hydrogen-bond donors (Lipinski definition) is 1. The van der Waals surface area contributed by atoms with Crippen molar-refractivity contribution in [2.75, 3.05) is 0 Å². The van der Waals surface area contributed by atoms with Crippen molar-refractivity contribution in [3.63, 3.8) is 0 Å². The third-order valence-corrected chi connectivity index (χ3v) is 2.11. The second kappa shape index (κ2) is 4.26. The third kappa shape index (κ3) is 2.44. The minimum Gasteiger partial charge on any atom is -0.356 e. The second-order valence-electron chi connectivity index (χ2n) is 3.66. The minimum atomic E-state index is 0.217. The van der Waals surface area contributed by atoms with E-state index in [-0.39, 0.29) is 5.78 Å². The topological polar surface area (TPSA) is 32.9 Å². The van der Waals surface area contributed by atoms with Crippen molar-refractivity contribution in [3.8, 4) is 0 Å². The summed E-state index contributed by atoms with van der Waals surface area (Å²) in [5, 5.41) is 0. The molecule has 0 bridgehead atoms. The zero-order valence-corrected chi connectivity index (χ0v) is 8.55. The van der Waals surface area contributed by atoms with Gasteiger partial charge in [-0.05, 0) is 24.5 Å². The van der Waals surface area contributed by atoms with Crippen LogP contribution in [0.25, 0.3) is 0 Å². The lowest BCUT2D eigenvalue weighted by atomic mass is 10.1. The Morgan fingerprint density at radius 2 is 2.15 bits per heavy atom. The predicted molar refractivity (Wildman–Crippen MR) is 54.1 cm³/mol. The molecule has 2 heteroatoms. The van der Waals surface area contributed by atoms with Gasteiger partial charge in [-0.2, -0.15) is 0 Å². The Kier molecular flexibility index (Phi) is 3.29. The van der Waals surface area contributed by atoms with Gasteiger partial charge in [0.15, 0.2) is 5.78 Å². The Morgan fingerprint density at radius 1 is 1.46 bits per heavy atom. The zero-order chi connectivity index (χ0) is 9.84. The molecule has 72 valence electrons. The highest BCUT2D eigenvalue weighted by atomic mass is 16.1. The first-order chi connectivity index (χ1) is 6.15. The molecule has 0 aliphatic carbocycles. The summed E-state index contributed by atoms with van der Waals surface area (Å²) in [4.78, 5) is 14.6. The quantitative estimate of drug-likeness (QED) is 0.708. The number of aromatic nitrogens is 1. The van der Waals surface area contributed by atoms with Gasteiger partial charge in [0.25, 0.3) is 0 Å². The summed E-state index contributed by atoms with van der Waals surface area (Å²) in [6.07, 6.45) is 1.55. The lowest BCUT2D eigenvalue weighted by Crippen LogP contribution is -1.99. The summed E-state index contributed by atoms with van der Waals surface area (Å²) in [7, 11) is 0. The molecular weight excluding hydrogens is 162 g/mol. The molecule has 0 saturated heterocycles. The number of aromatic amines is 1. The average molecular weight is 179 g/mol. The molecule has 0 fully saturated rings. The zero-order valence-electron chi connectivity index (χ0n) is 8.55. The molecule has 0 saturated carbocycles. The maximum atomic E-state index is 11.4. The highest BCUT2D eigenvalue weighted by Gasteiger charge is 2.08. The highest BCUT2D eigenvalue weighted by molar-refractivity contribution is 5.94.